The molecule has 1 rings (SSSR count). The molecule has 0 aromatic heterocycles. The van der Waals surface area contributed by atoms with E-state index in [0.29, 0.717) is 12.5 Å². The number of carbonyl (C=O) groups is 1. The van der Waals surface area contributed by atoms with Crippen LogP contribution in [0.3, 0.4) is 0 Å². The number of esters is 1. The molecule has 2 atom stereocenters. The van der Waals surface area contributed by atoms with E-state index in [1.807, 2.05) is 0 Å². The third kappa shape index (κ3) is 2.19. The summed E-state index contributed by atoms with van der Waals surface area (Å²) in [6.07, 6.45) is 1.87. The van der Waals surface area contributed by atoms with Crippen LogP contribution in [0.15, 0.2) is 0 Å². The van der Waals surface area contributed by atoms with E-state index < -0.39 is 0 Å². The number of hydrogen-bond acceptors (Lipinski definition) is 4. The number of methoxy groups -OCH3 is 1. The Hall–Kier alpha value is -0.610. The minimum Gasteiger partial charge on any atom is -0.468 e. The summed E-state index contributed by atoms with van der Waals surface area (Å²) in [5.74, 6) is 0.295. The van der Waals surface area contributed by atoms with Crippen molar-refractivity contribution < 1.29 is 9.53 Å². The molecular weight excluding hydrogens is 156 g/mol. The summed E-state index contributed by atoms with van der Waals surface area (Å²) in [5.41, 5.74) is 5.53. The fourth-order valence-electron chi connectivity index (χ4n) is 1.53. The highest BCUT2D eigenvalue weighted by Gasteiger charge is 2.26. The van der Waals surface area contributed by atoms with Gasteiger partial charge in [0.15, 0.2) is 0 Å². The Morgan fingerprint density at radius 3 is 3.08 bits per heavy atom. The lowest BCUT2D eigenvalue weighted by Crippen LogP contribution is -2.45. The van der Waals surface area contributed by atoms with Crippen LogP contribution in [0, 0.1) is 5.92 Å². The molecule has 1 aliphatic heterocycles. The lowest BCUT2D eigenvalue weighted by Gasteiger charge is -2.27. The van der Waals surface area contributed by atoms with Crippen molar-refractivity contribution in [1.29, 1.82) is 0 Å². The maximum Gasteiger partial charge on any atom is 0.322 e. The zero-order chi connectivity index (χ0) is 8.97. The molecular formula is C8H16N2O2. The van der Waals surface area contributed by atoms with Crippen molar-refractivity contribution in [3.63, 3.8) is 0 Å². The maximum absolute atomic E-state index is 11.1. The van der Waals surface area contributed by atoms with Crippen LogP contribution >= 0.6 is 0 Å². The van der Waals surface area contributed by atoms with Gasteiger partial charge in [-0.1, -0.05) is 0 Å². The molecule has 0 aromatic rings. The number of piperidine rings is 1. The minimum absolute atomic E-state index is 0.141. The van der Waals surface area contributed by atoms with Crippen LogP contribution in [0.5, 0.6) is 0 Å². The average Bonchev–Trinajstić information content (AvgIpc) is 2.17. The van der Waals surface area contributed by atoms with Gasteiger partial charge in [-0.05, 0) is 31.8 Å². The van der Waals surface area contributed by atoms with E-state index >= 15 is 0 Å². The number of rotatable bonds is 2. The lowest BCUT2D eigenvalue weighted by molar-refractivity contribution is -0.144. The number of carbonyl (C=O) groups excluding carboxylic acids is 1. The van der Waals surface area contributed by atoms with Crippen LogP contribution in [0.1, 0.15) is 12.8 Å². The van der Waals surface area contributed by atoms with Crippen molar-refractivity contribution in [3.8, 4) is 0 Å². The average molecular weight is 172 g/mol. The highest BCUT2D eigenvalue weighted by molar-refractivity contribution is 5.75. The van der Waals surface area contributed by atoms with Gasteiger partial charge in [-0.25, -0.2) is 0 Å². The first kappa shape index (κ1) is 9.48. The summed E-state index contributed by atoms with van der Waals surface area (Å²) in [4.78, 5) is 11.1. The molecule has 0 bridgehead atoms. The van der Waals surface area contributed by atoms with Crippen molar-refractivity contribution in [3.05, 3.63) is 0 Å². The fraction of sp³-hybridized carbons (Fsp3) is 0.875. The molecule has 0 radical (unpaired) electrons. The Balaban J connectivity index is 2.40. The SMILES string of the molecule is COC(=O)[C@@H]1C[C@@H](CN)CCN1. The van der Waals surface area contributed by atoms with E-state index in [1.165, 1.54) is 7.11 Å². The molecule has 1 aliphatic rings. The lowest BCUT2D eigenvalue weighted by atomic mass is 9.93. The number of ether oxygens (including phenoxy) is 1. The van der Waals surface area contributed by atoms with Crippen molar-refractivity contribution >= 4 is 5.97 Å². The van der Waals surface area contributed by atoms with E-state index in [9.17, 15) is 4.79 Å². The molecule has 0 amide bonds. The zero-order valence-electron chi connectivity index (χ0n) is 7.38. The monoisotopic (exact) mass is 172 g/mol. The summed E-state index contributed by atoms with van der Waals surface area (Å²) in [5, 5.41) is 3.10. The second-order valence-electron chi connectivity index (χ2n) is 3.16. The van der Waals surface area contributed by atoms with Crippen molar-refractivity contribution in [2.45, 2.75) is 18.9 Å². The van der Waals surface area contributed by atoms with Crippen LogP contribution < -0.4 is 11.1 Å². The second-order valence-corrected chi connectivity index (χ2v) is 3.16. The predicted molar refractivity (Wildman–Crippen MR) is 45.6 cm³/mol. The Morgan fingerprint density at radius 2 is 2.50 bits per heavy atom. The highest BCUT2D eigenvalue weighted by Crippen LogP contribution is 2.15. The predicted octanol–water partition coefficient (Wildman–Crippen LogP) is -0.514. The molecule has 4 heteroatoms. The first-order valence-electron chi connectivity index (χ1n) is 4.29. The third-order valence-electron chi connectivity index (χ3n) is 2.33. The molecule has 3 N–H and O–H groups in total. The second kappa shape index (κ2) is 4.42. The Morgan fingerprint density at radius 1 is 1.75 bits per heavy atom. The largest absolute Gasteiger partial charge is 0.468 e. The van der Waals surface area contributed by atoms with E-state index in [4.69, 9.17) is 5.73 Å². The van der Waals surface area contributed by atoms with Gasteiger partial charge in [0.05, 0.1) is 7.11 Å². The Bertz CT molecular complexity index is 161. The number of hydrogen-bond donors (Lipinski definition) is 2. The fourth-order valence-corrected chi connectivity index (χ4v) is 1.53. The normalized spacial score (nSPS) is 29.8. The van der Waals surface area contributed by atoms with Gasteiger partial charge >= 0.3 is 5.97 Å². The van der Waals surface area contributed by atoms with Gasteiger partial charge in [-0.2, -0.15) is 0 Å². The van der Waals surface area contributed by atoms with E-state index in [0.717, 1.165) is 19.4 Å². The first-order chi connectivity index (χ1) is 5.77. The molecule has 0 aromatic carbocycles. The molecule has 12 heavy (non-hydrogen) atoms. The molecule has 0 aliphatic carbocycles. The van der Waals surface area contributed by atoms with Crippen LogP contribution in [-0.4, -0.2) is 32.2 Å². The molecule has 1 heterocycles. The quantitative estimate of drug-likeness (QED) is 0.550. The summed E-state index contributed by atoms with van der Waals surface area (Å²) >= 11 is 0. The van der Waals surface area contributed by atoms with E-state index in [1.54, 1.807) is 0 Å². The molecule has 4 nitrogen and oxygen atoms in total. The topological polar surface area (TPSA) is 64.3 Å². The summed E-state index contributed by atoms with van der Waals surface area (Å²) < 4.78 is 4.64. The van der Waals surface area contributed by atoms with Crippen LogP contribution in [-0.2, 0) is 9.53 Å². The van der Waals surface area contributed by atoms with Crippen LogP contribution in [0.25, 0.3) is 0 Å². The van der Waals surface area contributed by atoms with Gasteiger partial charge in [0, 0.05) is 0 Å². The minimum atomic E-state index is -0.173. The summed E-state index contributed by atoms with van der Waals surface area (Å²) in [7, 11) is 1.41. The number of nitrogens with two attached hydrogens (primary N) is 1. The smallest absolute Gasteiger partial charge is 0.322 e. The van der Waals surface area contributed by atoms with Gasteiger partial charge in [0.2, 0.25) is 0 Å². The zero-order valence-corrected chi connectivity index (χ0v) is 7.38. The van der Waals surface area contributed by atoms with E-state index in [2.05, 4.69) is 10.1 Å². The summed E-state index contributed by atoms with van der Waals surface area (Å²) in [6.45, 7) is 1.52. The molecule has 1 fully saturated rings. The molecule has 1 saturated heterocycles. The molecule has 0 unspecified atom stereocenters. The summed E-state index contributed by atoms with van der Waals surface area (Å²) in [6, 6.07) is -0.141. The Labute approximate surface area is 72.5 Å². The van der Waals surface area contributed by atoms with Crippen LogP contribution in [0.4, 0.5) is 0 Å². The van der Waals surface area contributed by atoms with Crippen LogP contribution in [0.2, 0.25) is 0 Å². The molecule has 70 valence electrons. The highest BCUT2D eigenvalue weighted by atomic mass is 16.5. The Kier molecular flexibility index (Phi) is 3.49. The first-order valence-corrected chi connectivity index (χ1v) is 4.29. The third-order valence-corrected chi connectivity index (χ3v) is 2.33. The molecule has 0 spiro atoms. The van der Waals surface area contributed by atoms with Crippen molar-refractivity contribution in [1.82, 2.24) is 5.32 Å². The maximum atomic E-state index is 11.1. The van der Waals surface area contributed by atoms with E-state index in [-0.39, 0.29) is 12.0 Å². The number of nitrogens with one attached hydrogen (secondary N) is 1. The van der Waals surface area contributed by atoms with Gasteiger partial charge in [-0.3, -0.25) is 4.79 Å². The van der Waals surface area contributed by atoms with Gasteiger partial charge in [0.1, 0.15) is 6.04 Å². The van der Waals surface area contributed by atoms with Gasteiger partial charge in [-0.15, -0.1) is 0 Å². The van der Waals surface area contributed by atoms with Gasteiger partial charge in [0.25, 0.3) is 0 Å². The standard InChI is InChI=1S/C8H16N2O2/c1-12-8(11)7-4-6(5-9)2-3-10-7/h6-7,10H,2-5,9H2,1H3/t6-,7-/m0/s1. The van der Waals surface area contributed by atoms with Crippen molar-refractivity contribution in [2.75, 3.05) is 20.2 Å². The van der Waals surface area contributed by atoms with Gasteiger partial charge < -0.3 is 15.8 Å². The molecule has 0 saturated carbocycles. The van der Waals surface area contributed by atoms with Crippen molar-refractivity contribution in [2.24, 2.45) is 11.7 Å².